The van der Waals surface area contributed by atoms with E-state index in [9.17, 15) is 14.0 Å². The average molecular weight is 402 g/mol. The van der Waals surface area contributed by atoms with Crippen molar-refractivity contribution in [3.8, 4) is 0 Å². The van der Waals surface area contributed by atoms with Gasteiger partial charge in [-0.25, -0.2) is 4.39 Å². The van der Waals surface area contributed by atoms with Crippen LogP contribution in [0.1, 0.15) is 5.56 Å². The topological polar surface area (TPSA) is 52.7 Å². The van der Waals surface area contributed by atoms with Crippen LogP contribution < -0.4 is 5.32 Å². The van der Waals surface area contributed by atoms with Crippen molar-refractivity contribution in [2.75, 3.05) is 43.8 Å². The van der Waals surface area contributed by atoms with Crippen LogP contribution in [0, 0.1) is 12.7 Å². The molecule has 0 aromatic heterocycles. The first kappa shape index (κ1) is 20.4. The Labute approximate surface area is 168 Å². The SMILES string of the molecule is Cc1cccc(SCC(=O)N2CCN(CC(=O)Nc3ccc(F)cc3)CC2)c1. The molecule has 0 unspecified atom stereocenters. The molecular formula is C21H24FN3O2S. The van der Waals surface area contributed by atoms with Crippen molar-refractivity contribution in [1.29, 1.82) is 0 Å². The summed E-state index contributed by atoms with van der Waals surface area (Å²) in [6, 6.07) is 13.8. The molecular weight excluding hydrogens is 377 g/mol. The van der Waals surface area contributed by atoms with E-state index in [4.69, 9.17) is 0 Å². The fraction of sp³-hybridized carbons (Fsp3) is 0.333. The summed E-state index contributed by atoms with van der Waals surface area (Å²) in [5.74, 6) is 0.0803. The van der Waals surface area contributed by atoms with Crippen molar-refractivity contribution in [2.24, 2.45) is 0 Å². The molecule has 5 nitrogen and oxygen atoms in total. The molecule has 3 rings (SSSR count). The van der Waals surface area contributed by atoms with Gasteiger partial charge in [0.2, 0.25) is 11.8 Å². The molecule has 2 amide bonds. The van der Waals surface area contributed by atoms with E-state index < -0.39 is 0 Å². The highest BCUT2D eigenvalue weighted by atomic mass is 32.2. The number of anilines is 1. The molecule has 1 aliphatic heterocycles. The quantitative estimate of drug-likeness (QED) is 0.756. The molecule has 2 aromatic carbocycles. The lowest BCUT2D eigenvalue weighted by Gasteiger charge is -2.34. The van der Waals surface area contributed by atoms with Gasteiger partial charge in [-0.2, -0.15) is 0 Å². The van der Waals surface area contributed by atoms with E-state index in [0.717, 1.165) is 4.90 Å². The van der Waals surface area contributed by atoms with Crippen LogP contribution in [0.15, 0.2) is 53.4 Å². The van der Waals surface area contributed by atoms with E-state index in [-0.39, 0.29) is 24.2 Å². The molecule has 2 aromatic rings. The van der Waals surface area contributed by atoms with Gasteiger partial charge in [-0.15, -0.1) is 11.8 Å². The van der Waals surface area contributed by atoms with Crippen LogP contribution in [0.2, 0.25) is 0 Å². The van der Waals surface area contributed by atoms with Crippen molar-refractivity contribution >= 4 is 29.3 Å². The number of hydrogen-bond acceptors (Lipinski definition) is 4. The van der Waals surface area contributed by atoms with Crippen molar-refractivity contribution in [3.63, 3.8) is 0 Å². The molecule has 0 aliphatic carbocycles. The molecule has 7 heteroatoms. The lowest BCUT2D eigenvalue weighted by atomic mass is 10.2. The summed E-state index contributed by atoms with van der Waals surface area (Å²) >= 11 is 1.55. The Hall–Kier alpha value is -2.38. The summed E-state index contributed by atoms with van der Waals surface area (Å²) in [7, 11) is 0. The van der Waals surface area contributed by atoms with E-state index in [1.54, 1.807) is 11.8 Å². The lowest BCUT2D eigenvalue weighted by Crippen LogP contribution is -2.50. The normalized spacial score (nSPS) is 14.7. The maximum absolute atomic E-state index is 12.9. The molecule has 0 saturated carbocycles. The van der Waals surface area contributed by atoms with Crippen LogP contribution in [0.25, 0.3) is 0 Å². The first-order valence-electron chi connectivity index (χ1n) is 9.24. The smallest absolute Gasteiger partial charge is 0.238 e. The summed E-state index contributed by atoms with van der Waals surface area (Å²) in [5.41, 5.74) is 1.76. The zero-order chi connectivity index (χ0) is 19.9. The molecule has 1 heterocycles. The number of amides is 2. The molecule has 1 saturated heterocycles. The Morgan fingerprint density at radius 2 is 1.79 bits per heavy atom. The second-order valence-electron chi connectivity index (χ2n) is 6.82. The Morgan fingerprint density at radius 3 is 2.46 bits per heavy atom. The summed E-state index contributed by atoms with van der Waals surface area (Å²) in [6.45, 7) is 4.87. The maximum atomic E-state index is 12.9. The number of carbonyl (C=O) groups is 2. The van der Waals surface area contributed by atoms with Crippen LogP contribution >= 0.6 is 11.8 Å². The van der Waals surface area contributed by atoms with Gasteiger partial charge in [0.05, 0.1) is 12.3 Å². The summed E-state index contributed by atoms with van der Waals surface area (Å²) in [4.78, 5) is 29.6. The van der Waals surface area contributed by atoms with Gasteiger partial charge >= 0.3 is 0 Å². The Bertz CT molecular complexity index is 821. The highest BCUT2D eigenvalue weighted by Crippen LogP contribution is 2.19. The van der Waals surface area contributed by atoms with Gasteiger partial charge in [-0.1, -0.05) is 17.7 Å². The highest BCUT2D eigenvalue weighted by Gasteiger charge is 2.22. The number of hydrogen-bond donors (Lipinski definition) is 1. The van der Waals surface area contributed by atoms with Gasteiger partial charge in [-0.3, -0.25) is 14.5 Å². The predicted molar refractivity (Wildman–Crippen MR) is 110 cm³/mol. The fourth-order valence-corrected chi connectivity index (χ4v) is 3.95. The average Bonchev–Trinajstić information content (AvgIpc) is 2.68. The number of carbonyl (C=O) groups excluding carboxylic acids is 2. The van der Waals surface area contributed by atoms with Crippen molar-refractivity contribution in [3.05, 3.63) is 59.9 Å². The third-order valence-electron chi connectivity index (χ3n) is 4.57. The number of nitrogens with zero attached hydrogens (tertiary/aromatic N) is 2. The number of aryl methyl sites for hydroxylation is 1. The van der Waals surface area contributed by atoms with Crippen molar-refractivity contribution < 1.29 is 14.0 Å². The summed E-state index contributed by atoms with van der Waals surface area (Å²) in [6.07, 6.45) is 0. The minimum atomic E-state index is -0.334. The second kappa shape index (κ2) is 9.71. The zero-order valence-corrected chi connectivity index (χ0v) is 16.7. The van der Waals surface area contributed by atoms with E-state index in [1.807, 2.05) is 34.9 Å². The standard InChI is InChI=1S/C21H24FN3O2S/c1-16-3-2-4-19(13-16)28-15-21(27)25-11-9-24(10-12-25)14-20(26)23-18-7-5-17(22)6-8-18/h2-8,13H,9-12,14-15H2,1H3,(H,23,26). The Morgan fingerprint density at radius 1 is 1.07 bits per heavy atom. The van der Waals surface area contributed by atoms with Crippen LogP contribution in [0.4, 0.5) is 10.1 Å². The third-order valence-corrected chi connectivity index (χ3v) is 5.55. The zero-order valence-electron chi connectivity index (χ0n) is 15.9. The van der Waals surface area contributed by atoms with Crippen LogP contribution in [-0.2, 0) is 9.59 Å². The number of thioether (sulfide) groups is 1. The lowest BCUT2D eigenvalue weighted by molar-refractivity contribution is -0.130. The van der Waals surface area contributed by atoms with E-state index in [1.165, 1.54) is 29.8 Å². The molecule has 28 heavy (non-hydrogen) atoms. The number of benzene rings is 2. The van der Waals surface area contributed by atoms with Gasteiger partial charge in [0.1, 0.15) is 5.82 Å². The number of nitrogens with one attached hydrogen (secondary N) is 1. The molecule has 0 radical (unpaired) electrons. The molecule has 0 bridgehead atoms. The van der Waals surface area contributed by atoms with Gasteiger partial charge in [0, 0.05) is 36.8 Å². The van der Waals surface area contributed by atoms with Crippen molar-refractivity contribution in [2.45, 2.75) is 11.8 Å². The minimum absolute atomic E-state index is 0.127. The molecule has 1 fully saturated rings. The third kappa shape index (κ3) is 6.07. The summed E-state index contributed by atoms with van der Waals surface area (Å²) in [5, 5.41) is 2.76. The minimum Gasteiger partial charge on any atom is -0.339 e. The second-order valence-corrected chi connectivity index (χ2v) is 7.87. The first-order valence-corrected chi connectivity index (χ1v) is 10.2. The van der Waals surface area contributed by atoms with Crippen LogP contribution in [0.3, 0.4) is 0 Å². The molecule has 148 valence electrons. The Balaban J connectivity index is 1.39. The number of piperazine rings is 1. The van der Waals surface area contributed by atoms with Gasteiger partial charge in [-0.05, 0) is 43.3 Å². The highest BCUT2D eigenvalue weighted by molar-refractivity contribution is 8.00. The van der Waals surface area contributed by atoms with Gasteiger partial charge in [0.25, 0.3) is 0 Å². The molecule has 0 atom stereocenters. The Kier molecular flexibility index (Phi) is 7.06. The van der Waals surface area contributed by atoms with Crippen LogP contribution in [-0.4, -0.2) is 60.1 Å². The number of rotatable bonds is 6. The van der Waals surface area contributed by atoms with E-state index in [0.29, 0.717) is 37.6 Å². The van der Waals surface area contributed by atoms with E-state index >= 15 is 0 Å². The number of halogens is 1. The largest absolute Gasteiger partial charge is 0.339 e. The van der Waals surface area contributed by atoms with Gasteiger partial charge in [0.15, 0.2) is 0 Å². The fourth-order valence-electron chi connectivity index (χ4n) is 3.03. The molecule has 1 aliphatic rings. The van der Waals surface area contributed by atoms with Crippen LogP contribution in [0.5, 0.6) is 0 Å². The predicted octanol–water partition coefficient (Wildman–Crippen LogP) is 3.01. The molecule has 0 spiro atoms. The summed E-state index contributed by atoms with van der Waals surface area (Å²) < 4.78 is 12.9. The van der Waals surface area contributed by atoms with Crippen molar-refractivity contribution in [1.82, 2.24) is 9.80 Å². The van der Waals surface area contributed by atoms with E-state index in [2.05, 4.69) is 11.4 Å². The monoisotopic (exact) mass is 401 g/mol. The maximum Gasteiger partial charge on any atom is 0.238 e. The molecule has 1 N–H and O–H groups in total. The van der Waals surface area contributed by atoms with Gasteiger partial charge < -0.3 is 10.2 Å². The first-order chi connectivity index (χ1) is 13.5.